The van der Waals surface area contributed by atoms with Gasteiger partial charge < -0.3 is 20.3 Å². The molecular formula is C71H139NO5. The Bertz CT molecular complexity index is 1160. The summed E-state index contributed by atoms with van der Waals surface area (Å²) in [6.07, 6.45) is 82.8. The zero-order chi connectivity index (χ0) is 55.7. The fraction of sp³-hybridized carbons (Fsp3) is 0.944. The van der Waals surface area contributed by atoms with Crippen molar-refractivity contribution in [3.63, 3.8) is 0 Å². The summed E-state index contributed by atoms with van der Waals surface area (Å²) in [7, 11) is 0. The molecule has 2 unspecified atom stereocenters. The Labute approximate surface area is 482 Å². The number of aliphatic hydroxyl groups is 2. The molecule has 0 saturated heterocycles. The van der Waals surface area contributed by atoms with E-state index in [4.69, 9.17) is 4.74 Å². The Morgan fingerprint density at radius 2 is 0.610 bits per heavy atom. The largest absolute Gasteiger partial charge is 0.466 e. The summed E-state index contributed by atoms with van der Waals surface area (Å²) in [5.41, 5.74) is 0. The van der Waals surface area contributed by atoms with Crippen LogP contribution in [0.3, 0.4) is 0 Å². The molecule has 0 rings (SSSR count). The van der Waals surface area contributed by atoms with Crippen LogP contribution in [0.2, 0.25) is 0 Å². The normalized spacial score (nSPS) is 12.5. The van der Waals surface area contributed by atoms with E-state index in [2.05, 4.69) is 31.3 Å². The summed E-state index contributed by atoms with van der Waals surface area (Å²) >= 11 is 0. The number of amides is 1. The van der Waals surface area contributed by atoms with Crippen molar-refractivity contribution in [1.29, 1.82) is 0 Å². The average Bonchev–Trinajstić information content (AvgIpc) is 3.43. The van der Waals surface area contributed by atoms with E-state index in [9.17, 15) is 19.8 Å². The van der Waals surface area contributed by atoms with Gasteiger partial charge in [0.25, 0.3) is 0 Å². The molecule has 0 aliphatic carbocycles. The smallest absolute Gasteiger partial charge is 0.305 e. The Hall–Kier alpha value is -1.40. The van der Waals surface area contributed by atoms with Crippen molar-refractivity contribution in [1.82, 2.24) is 5.32 Å². The van der Waals surface area contributed by atoms with Crippen molar-refractivity contribution in [2.24, 2.45) is 0 Å². The molecule has 0 spiro atoms. The molecule has 0 aromatic heterocycles. The summed E-state index contributed by atoms with van der Waals surface area (Å²) in [4.78, 5) is 24.6. The van der Waals surface area contributed by atoms with Crippen LogP contribution in [-0.4, -0.2) is 47.4 Å². The first-order valence-corrected chi connectivity index (χ1v) is 35.4. The standard InChI is InChI=1S/C71H139NO5/c1-3-5-7-9-11-13-15-16-17-18-32-36-39-42-45-49-53-57-61-65-71(76)77-66-62-58-54-50-46-43-40-37-34-31-29-27-25-23-21-19-20-22-24-26-28-30-33-35-38-41-44-48-52-56-60-64-70(75)72-68(67-73)69(74)63-59-55-51-47-14-12-10-8-6-4-2/h21,23,68-69,73-74H,3-20,22,24-67H2,1-2H3,(H,72,75)/b23-21-. The highest BCUT2D eigenvalue weighted by molar-refractivity contribution is 5.76. The van der Waals surface area contributed by atoms with Gasteiger partial charge in [-0.05, 0) is 51.4 Å². The summed E-state index contributed by atoms with van der Waals surface area (Å²) in [5.74, 6) is -0.00907. The number of allylic oxidation sites excluding steroid dienone is 2. The zero-order valence-corrected chi connectivity index (χ0v) is 52.5. The lowest BCUT2D eigenvalue weighted by atomic mass is 10.0. The summed E-state index contributed by atoms with van der Waals surface area (Å²) in [6.45, 7) is 4.98. The minimum Gasteiger partial charge on any atom is -0.466 e. The van der Waals surface area contributed by atoms with E-state index in [0.717, 1.165) is 38.5 Å². The summed E-state index contributed by atoms with van der Waals surface area (Å²) < 4.78 is 5.51. The van der Waals surface area contributed by atoms with Crippen molar-refractivity contribution in [2.45, 2.75) is 418 Å². The van der Waals surface area contributed by atoms with Crippen LogP contribution >= 0.6 is 0 Å². The Morgan fingerprint density at radius 1 is 0.351 bits per heavy atom. The minimum atomic E-state index is -0.660. The van der Waals surface area contributed by atoms with Gasteiger partial charge in [-0.1, -0.05) is 353 Å². The van der Waals surface area contributed by atoms with E-state index in [-0.39, 0.29) is 18.5 Å². The number of carbonyl (C=O) groups excluding carboxylic acids is 2. The molecule has 1 amide bonds. The number of rotatable bonds is 67. The SMILES string of the molecule is CCCCCCCCCCCCCCCCCCCCCC(=O)OCCCCCCCCCCCCCC/C=C\CCCCCCCCCCCCCCCCCC(=O)NC(CO)C(O)CCCCCCCCCCCC. The van der Waals surface area contributed by atoms with E-state index < -0.39 is 12.1 Å². The van der Waals surface area contributed by atoms with Crippen molar-refractivity contribution in [3.8, 4) is 0 Å². The number of ether oxygens (including phenoxy) is 1. The van der Waals surface area contributed by atoms with Gasteiger partial charge in [0.15, 0.2) is 0 Å². The molecule has 0 saturated carbocycles. The van der Waals surface area contributed by atoms with Gasteiger partial charge >= 0.3 is 5.97 Å². The lowest BCUT2D eigenvalue weighted by Gasteiger charge is -2.22. The number of hydrogen-bond donors (Lipinski definition) is 3. The van der Waals surface area contributed by atoms with Crippen molar-refractivity contribution in [2.75, 3.05) is 13.2 Å². The van der Waals surface area contributed by atoms with Crippen molar-refractivity contribution in [3.05, 3.63) is 12.2 Å². The van der Waals surface area contributed by atoms with E-state index >= 15 is 0 Å². The van der Waals surface area contributed by atoms with Gasteiger partial charge in [-0.2, -0.15) is 0 Å². The molecule has 0 aliphatic rings. The van der Waals surface area contributed by atoms with Gasteiger partial charge in [-0.25, -0.2) is 0 Å². The molecule has 0 radical (unpaired) electrons. The maximum atomic E-state index is 12.4. The molecule has 2 atom stereocenters. The van der Waals surface area contributed by atoms with Crippen LogP contribution in [0.5, 0.6) is 0 Å². The van der Waals surface area contributed by atoms with Crippen LogP contribution in [0.15, 0.2) is 12.2 Å². The zero-order valence-electron chi connectivity index (χ0n) is 52.5. The highest BCUT2D eigenvalue weighted by Crippen LogP contribution is 2.19. The predicted molar refractivity (Wildman–Crippen MR) is 338 cm³/mol. The Kier molecular flexibility index (Phi) is 65.9. The second-order valence-electron chi connectivity index (χ2n) is 24.6. The molecule has 0 aliphatic heterocycles. The van der Waals surface area contributed by atoms with Crippen molar-refractivity contribution < 1.29 is 24.5 Å². The number of aliphatic hydroxyl groups excluding tert-OH is 2. The highest BCUT2D eigenvalue weighted by atomic mass is 16.5. The third-order valence-corrected chi connectivity index (χ3v) is 16.8. The second kappa shape index (κ2) is 67.1. The van der Waals surface area contributed by atoms with Crippen LogP contribution in [0.1, 0.15) is 406 Å². The van der Waals surface area contributed by atoms with E-state index in [1.807, 2.05) is 0 Å². The fourth-order valence-corrected chi connectivity index (χ4v) is 11.4. The van der Waals surface area contributed by atoms with Crippen molar-refractivity contribution >= 4 is 11.9 Å². The first-order valence-electron chi connectivity index (χ1n) is 35.4. The summed E-state index contributed by atoms with van der Waals surface area (Å²) in [5, 5.41) is 23.2. The van der Waals surface area contributed by atoms with Crippen LogP contribution in [0.4, 0.5) is 0 Å². The Morgan fingerprint density at radius 3 is 0.922 bits per heavy atom. The first-order chi connectivity index (χ1) is 38.0. The maximum Gasteiger partial charge on any atom is 0.305 e. The number of unbranched alkanes of at least 4 members (excludes halogenated alkanes) is 54. The molecule has 6 heteroatoms. The molecule has 77 heavy (non-hydrogen) atoms. The van der Waals surface area contributed by atoms with Gasteiger partial charge in [0.2, 0.25) is 5.91 Å². The second-order valence-corrected chi connectivity index (χ2v) is 24.6. The predicted octanol–water partition coefficient (Wildman–Crippen LogP) is 22.8. The number of hydrogen-bond acceptors (Lipinski definition) is 5. The highest BCUT2D eigenvalue weighted by Gasteiger charge is 2.20. The quantitative estimate of drug-likeness (QED) is 0.0320. The summed E-state index contributed by atoms with van der Waals surface area (Å²) in [6, 6.07) is -0.537. The molecule has 3 N–H and O–H groups in total. The van der Waals surface area contributed by atoms with Gasteiger partial charge in [0, 0.05) is 12.8 Å². The third kappa shape index (κ3) is 63.6. The van der Waals surface area contributed by atoms with Gasteiger partial charge in [-0.15, -0.1) is 0 Å². The molecular weight excluding hydrogens is 947 g/mol. The maximum absolute atomic E-state index is 12.4. The molecule has 6 nitrogen and oxygen atoms in total. The number of nitrogens with one attached hydrogen (secondary N) is 1. The van der Waals surface area contributed by atoms with Gasteiger partial charge in [0.05, 0.1) is 25.4 Å². The molecule has 458 valence electrons. The lowest BCUT2D eigenvalue weighted by Crippen LogP contribution is -2.45. The molecule has 0 heterocycles. The van der Waals surface area contributed by atoms with E-state index in [1.54, 1.807) is 0 Å². The monoisotopic (exact) mass is 1090 g/mol. The lowest BCUT2D eigenvalue weighted by molar-refractivity contribution is -0.143. The third-order valence-electron chi connectivity index (χ3n) is 16.8. The topological polar surface area (TPSA) is 95.9 Å². The van der Waals surface area contributed by atoms with Gasteiger partial charge in [0.1, 0.15) is 0 Å². The minimum absolute atomic E-state index is 0.0233. The molecule has 0 bridgehead atoms. The van der Waals surface area contributed by atoms with Crippen LogP contribution in [0, 0.1) is 0 Å². The molecule has 0 aromatic carbocycles. The van der Waals surface area contributed by atoms with E-state index in [0.29, 0.717) is 25.9 Å². The molecule has 0 fully saturated rings. The average molecular weight is 1090 g/mol. The number of carbonyl (C=O) groups is 2. The molecule has 0 aromatic rings. The van der Waals surface area contributed by atoms with Crippen LogP contribution < -0.4 is 5.32 Å². The van der Waals surface area contributed by atoms with E-state index in [1.165, 1.54) is 334 Å². The van der Waals surface area contributed by atoms with Crippen LogP contribution in [0.25, 0.3) is 0 Å². The number of esters is 1. The first kappa shape index (κ1) is 75.6. The Balaban J connectivity index is 3.31. The van der Waals surface area contributed by atoms with Crippen LogP contribution in [-0.2, 0) is 14.3 Å². The fourth-order valence-electron chi connectivity index (χ4n) is 11.4. The van der Waals surface area contributed by atoms with Gasteiger partial charge in [-0.3, -0.25) is 9.59 Å².